The Morgan fingerprint density at radius 3 is 2.00 bits per heavy atom. The minimum atomic E-state index is 0. The predicted octanol–water partition coefficient (Wildman–Crippen LogP) is -4.11. The molecule has 0 aromatic heterocycles. The van der Waals surface area contributed by atoms with Crippen LogP contribution >= 0.6 is 11.6 Å². The Morgan fingerprint density at radius 1 is 0.800 bits per heavy atom. The summed E-state index contributed by atoms with van der Waals surface area (Å²) in [5.41, 5.74) is 2.46. The van der Waals surface area contributed by atoms with Crippen molar-refractivity contribution in [3.63, 3.8) is 0 Å². The minimum absolute atomic E-state index is 0. The summed E-state index contributed by atoms with van der Waals surface area (Å²) < 4.78 is 0. The summed E-state index contributed by atoms with van der Waals surface area (Å²) in [5.74, 6) is 0. The zero-order valence-corrected chi connectivity index (χ0v) is 15.8. The van der Waals surface area contributed by atoms with Gasteiger partial charge in [0.2, 0.25) is 0 Å². The first-order valence-corrected chi connectivity index (χ1v) is 5.62. The molecule has 0 amide bonds. The van der Waals surface area contributed by atoms with Gasteiger partial charge in [-0.1, -0.05) is 59.6 Å². The van der Waals surface area contributed by atoms with Crippen LogP contribution in [0.15, 0.2) is 60.7 Å². The van der Waals surface area contributed by atoms with Gasteiger partial charge in [-0.25, -0.2) is 0 Å². The van der Waals surface area contributed by atoms with Crippen LogP contribution in [0, 0.1) is 0 Å². The Bertz CT molecular complexity index is 599. The van der Waals surface area contributed by atoms with Gasteiger partial charge in [0.15, 0.2) is 0 Å². The van der Waals surface area contributed by atoms with Gasteiger partial charge in [-0.15, -0.1) is 34.5 Å². The molecular formula is C15H10Cl4Zr. The fraction of sp³-hybridized carbons (Fsp3) is 0. The molecule has 0 saturated carbocycles. The van der Waals surface area contributed by atoms with Crippen LogP contribution in [0.1, 0.15) is 0 Å². The number of benzene rings is 2. The third kappa shape index (κ3) is 4.83. The molecule has 0 unspecified atom stereocenters. The van der Waals surface area contributed by atoms with E-state index >= 15 is 0 Å². The second-order valence-electron chi connectivity index (χ2n) is 3.88. The smallest absolute Gasteiger partial charge is 1.00 e. The Labute approximate surface area is 161 Å². The van der Waals surface area contributed by atoms with Crippen LogP contribution in [0.4, 0.5) is 0 Å². The Kier molecular flexibility index (Phi) is 11.1. The van der Waals surface area contributed by atoms with E-state index in [0.717, 1.165) is 5.02 Å². The molecule has 3 aromatic rings. The van der Waals surface area contributed by atoms with E-state index in [9.17, 15) is 0 Å². The summed E-state index contributed by atoms with van der Waals surface area (Å²) in [4.78, 5) is 0. The molecular weight excluding hydrogens is 413 g/mol. The fourth-order valence-electron chi connectivity index (χ4n) is 1.96. The standard InChI is InChI=1S/C15H10Cl.3ClH.Zr/c16-15-7-5-11(6-8-15)14-9-12-3-1-2-4-13(12)10-14;;;;/h1-10H;3*1H;/q-1;;;;+4/p-3. The van der Waals surface area contributed by atoms with E-state index in [-0.39, 0.29) is 63.4 Å². The molecule has 0 saturated heterocycles. The van der Waals surface area contributed by atoms with Gasteiger partial charge in [-0.3, -0.25) is 0 Å². The summed E-state index contributed by atoms with van der Waals surface area (Å²) >= 11 is 5.88. The van der Waals surface area contributed by atoms with Gasteiger partial charge >= 0.3 is 26.2 Å². The Balaban J connectivity index is 0. The second-order valence-corrected chi connectivity index (χ2v) is 4.32. The third-order valence-corrected chi connectivity index (χ3v) is 3.05. The number of rotatable bonds is 1. The normalized spacial score (nSPS) is 8.65. The van der Waals surface area contributed by atoms with Crippen molar-refractivity contribution in [3.05, 3.63) is 65.7 Å². The summed E-state index contributed by atoms with van der Waals surface area (Å²) in [7, 11) is 0. The molecule has 0 N–H and O–H groups in total. The third-order valence-electron chi connectivity index (χ3n) is 2.80. The van der Waals surface area contributed by atoms with Crippen LogP contribution in [0.5, 0.6) is 0 Å². The van der Waals surface area contributed by atoms with Crippen LogP contribution in [0.3, 0.4) is 0 Å². The minimum Gasteiger partial charge on any atom is -1.00 e. The Morgan fingerprint density at radius 2 is 1.40 bits per heavy atom. The average Bonchev–Trinajstić information content (AvgIpc) is 2.73. The summed E-state index contributed by atoms with van der Waals surface area (Å²) in [6.45, 7) is 0. The molecule has 0 aliphatic carbocycles. The second kappa shape index (κ2) is 9.93. The molecule has 0 heterocycles. The van der Waals surface area contributed by atoms with E-state index in [4.69, 9.17) is 11.6 Å². The van der Waals surface area contributed by atoms with E-state index in [2.05, 4.69) is 48.5 Å². The van der Waals surface area contributed by atoms with E-state index in [0.29, 0.717) is 0 Å². The van der Waals surface area contributed by atoms with Crippen molar-refractivity contribution in [3.8, 4) is 11.1 Å². The van der Waals surface area contributed by atoms with Crippen molar-refractivity contribution in [1.29, 1.82) is 0 Å². The van der Waals surface area contributed by atoms with Crippen molar-refractivity contribution >= 4 is 22.4 Å². The first kappa shape index (κ1) is 22.4. The van der Waals surface area contributed by atoms with Gasteiger partial charge in [-0.2, -0.15) is 0 Å². The van der Waals surface area contributed by atoms with Crippen molar-refractivity contribution in [2.45, 2.75) is 0 Å². The fourth-order valence-corrected chi connectivity index (χ4v) is 2.09. The van der Waals surface area contributed by atoms with Gasteiger partial charge in [-0.05, 0) is 0 Å². The van der Waals surface area contributed by atoms with Crippen molar-refractivity contribution in [2.75, 3.05) is 0 Å². The molecule has 0 atom stereocenters. The number of hydrogen-bond donors (Lipinski definition) is 0. The van der Waals surface area contributed by atoms with Gasteiger partial charge in [0, 0.05) is 5.02 Å². The summed E-state index contributed by atoms with van der Waals surface area (Å²) in [5, 5.41) is 3.35. The van der Waals surface area contributed by atoms with Crippen LogP contribution in [0.25, 0.3) is 21.9 Å². The van der Waals surface area contributed by atoms with E-state index < -0.39 is 0 Å². The molecule has 3 rings (SSSR count). The van der Waals surface area contributed by atoms with Crippen LogP contribution in [0.2, 0.25) is 5.02 Å². The number of hydrogen-bond acceptors (Lipinski definition) is 0. The molecule has 0 bridgehead atoms. The molecule has 5 heteroatoms. The van der Waals surface area contributed by atoms with Crippen molar-refractivity contribution in [1.82, 2.24) is 0 Å². The first-order valence-electron chi connectivity index (χ1n) is 5.24. The maximum Gasteiger partial charge on any atom is 4.00 e. The monoisotopic (exact) mass is 420 g/mol. The maximum absolute atomic E-state index is 5.88. The molecule has 0 aliphatic rings. The van der Waals surface area contributed by atoms with Gasteiger partial charge < -0.3 is 37.2 Å². The summed E-state index contributed by atoms with van der Waals surface area (Å²) in [6.07, 6.45) is 0. The van der Waals surface area contributed by atoms with Crippen LogP contribution < -0.4 is 37.2 Å². The van der Waals surface area contributed by atoms with E-state index in [1.165, 1.54) is 21.9 Å². The van der Waals surface area contributed by atoms with Gasteiger partial charge in [0.05, 0.1) is 0 Å². The molecule has 0 radical (unpaired) electrons. The molecule has 0 fully saturated rings. The van der Waals surface area contributed by atoms with Gasteiger partial charge in [0.1, 0.15) is 0 Å². The average molecular weight is 423 g/mol. The molecule has 0 spiro atoms. The van der Waals surface area contributed by atoms with E-state index in [1.807, 2.05) is 12.1 Å². The molecule has 102 valence electrons. The maximum atomic E-state index is 5.88. The topological polar surface area (TPSA) is 0 Å². The molecule has 0 nitrogen and oxygen atoms in total. The molecule has 3 aromatic carbocycles. The summed E-state index contributed by atoms with van der Waals surface area (Å²) in [6, 6.07) is 20.8. The quantitative estimate of drug-likeness (QED) is 0.349. The predicted molar refractivity (Wildman–Crippen MR) is 70.0 cm³/mol. The Hall–Kier alpha value is 0.0931. The molecule has 20 heavy (non-hydrogen) atoms. The van der Waals surface area contributed by atoms with Crippen molar-refractivity contribution < 1.29 is 63.4 Å². The SMILES string of the molecule is Clc1ccc(-c2cc3ccccc3[cH-]2)cc1.[Cl-].[Cl-].[Cl-].[Zr+4]. The largest absolute Gasteiger partial charge is 4.00 e. The zero-order valence-electron chi connectivity index (χ0n) is 10.3. The van der Waals surface area contributed by atoms with Gasteiger partial charge in [0.25, 0.3) is 0 Å². The van der Waals surface area contributed by atoms with Crippen molar-refractivity contribution in [2.24, 2.45) is 0 Å². The molecule has 0 aliphatic heterocycles. The first-order chi connectivity index (χ1) is 7.83. The van der Waals surface area contributed by atoms with Crippen LogP contribution in [-0.4, -0.2) is 0 Å². The van der Waals surface area contributed by atoms with Crippen LogP contribution in [-0.2, 0) is 26.2 Å². The number of halogens is 4. The zero-order chi connectivity index (χ0) is 11.0. The van der Waals surface area contributed by atoms with E-state index in [1.54, 1.807) is 0 Å². The number of fused-ring (bicyclic) bond motifs is 1.